The molecule has 0 heterocycles. The predicted octanol–water partition coefficient (Wildman–Crippen LogP) is 1.93. The minimum atomic E-state index is -5.41. The summed E-state index contributed by atoms with van der Waals surface area (Å²) in [7, 11) is -5.41. The molecule has 2 amide bonds. The molecular formula is C29H42N3NaO8S. The monoisotopic (exact) mass is 615 g/mol. The number of nitrogens with two attached hydrogens (primary N) is 1. The summed E-state index contributed by atoms with van der Waals surface area (Å²) >= 11 is 0. The molecule has 2 aromatic rings. The molecule has 11 nitrogen and oxygen atoms in total. The van der Waals surface area contributed by atoms with Crippen LogP contribution in [0.2, 0.25) is 0 Å². The van der Waals surface area contributed by atoms with E-state index in [-0.39, 0.29) is 67.3 Å². The summed E-state index contributed by atoms with van der Waals surface area (Å²) in [6.07, 6.45) is -1.04. The quantitative estimate of drug-likeness (QED) is 0.147. The first-order chi connectivity index (χ1) is 19.1. The number of hydrogen-bond acceptors (Lipinski definition) is 8. The first-order valence-electron chi connectivity index (χ1n) is 13.5. The molecule has 0 saturated heterocycles. The maximum atomic E-state index is 13.6. The summed E-state index contributed by atoms with van der Waals surface area (Å²) in [5, 5.41) is 16.1. The third-order valence-electron chi connectivity index (χ3n) is 6.42. The molecule has 0 aromatic heterocycles. The molecule has 4 atom stereocenters. The van der Waals surface area contributed by atoms with Gasteiger partial charge in [0.15, 0.2) is 0 Å². The predicted molar refractivity (Wildman–Crippen MR) is 161 cm³/mol. The summed E-state index contributed by atoms with van der Waals surface area (Å²) in [4.78, 5) is 36.4. The Morgan fingerprint density at radius 2 is 1.36 bits per heavy atom. The van der Waals surface area contributed by atoms with E-state index in [2.05, 4.69) is 10.6 Å². The van der Waals surface area contributed by atoms with Gasteiger partial charge in [0, 0.05) is 6.42 Å². The van der Waals surface area contributed by atoms with E-state index in [0.717, 1.165) is 5.56 Å². The van der Waals surface area contributed by atoms with Gasteiger partial charge in [0.25, 0.3) is 4.93 Å². The molecule has 42 heavy (non-hydrogen) atoms. The van der Waals surface area contributed by atoms with Crippen LogP contribution in [0, 0.1) is 11.8 Å². The van der Waals surface area contributed by atoms with Crippen molar-refractivity contribution in [2.45, 2.75) is 76.6 Å². The van der Waals surface area contributed by atoms with Gasteiger partial charge in [-0.1, -0.05) is 88.4 Å². The van der Waals surface area contributed by atoms with Crippen molar-refractivity contribution in [3.8, 4) is 0 Å². The Balaban J connectivity index is 0.00000882. The average molecular weight is 616 g/mol. The molecule has 0 aliphatic carbocycles. The van der Waals surface area contributed by atoms with Crippen LogP contribution in [-0.2, 0) is 37.5 Å². The van der Waals surface area contributed by atoms with Crippen LogP contribution in [0.15, 0.2) is 60.7 Å². The van der Waals surface area contributed by atoms with Gasteiger partial charge in [0.05, 0.1) is 12.1 Å². The van der Waals surface area contributed by atoms with Crippen LogP contribution in [0.3, 0.4) is 0 Å². The molecule has 0 spiro atoms. The van der Waals surface area contributed by atoms with Crippen molar-refractivity contribution in [3.05, 3.63) is 71.8 Å². The first kappa shape index (κ1) is 37.7. The zero-order chi connectivity index (χ0) is 30.8. The number of carbonyl (C=O) groups excluding carboxylic acids is 3. The SMILES string of the molecule is CC(C)CC(N)C(O)(C(=O)[C@H](CC(C)C)NC(=O)[C@H](Cc1ccccc1)NC(=O)OCc1ccccc1)S(=O)(=O)O.[NaH]. The average Bonchev–Trinajstić information content (AvgIpc) is 2.90. The summed E-state index contributed by atoms with van der Waals surface area (Å²) in [5.74, 6) is -2.64. The van der Waals surface area contributed by atoms with E-state index >= 15 is 0 Å². The number of carbonyl (C=O) groups is 3. The van der Waals surface area contributed by atoms with Gasteiger partial charge in [-0.2, -0.15) is 8.42 Å². The van der Waals surface area contributed by atoms with Gasteiger partial charge in [0.2, 0.25) is 11.7 Å². The van der Waals surface area contributed by atoms with Gasteiger partial charge in [-0.25, -0.2) is 4.79 Å². The minimum absolute atomic E-state index is 0. The molecule has 0 radical (unpaired) electrons. The third-order valence-corrected chi connectivity index (χ3v) is 7.71. The van der Waals surface area contributed by atoms with Gasteiger partial charge < -0.3 is 26.2 Å². The fraction of sp³-hybridized carbons (Fsp3) is 0.483. The fourth-order valence-corrected chi connectivity index (χ4v) is 5.24. The zero-order valence-corrected chi connectivity index (χ0v) is 24.6. The van der Waals surface area contributed by atoms with Crippen LogP contribution in [-0.4, -0.2) is 88.5 Å². The van der Waals surface area contributed by atoms with Crippen molar-refractivity contribution >= 4 is 57.5 Å². The second-order valence-electron chi connectivity index (χ2n) is 10.9. The number of ether oxygens (including phenoxy) is 1. The van der Waals surface area contributed by atoms with E-state index in [4.69, 9.17) is 10.5 Å². The van der Waals surface area contributed by atoms with E-state index < -0.39 is 51.0 Å². The van der Waals surface area contributed by atoms with Crippen molar-refractivity contribution in [1.29, 1.82) is 0 Å². The zero-order valence-electron chi connectivity index (χ0n) is 23.8. The number of ketones is 1. The molecule has 6 N–H and O–H groups in total. The van der Waals surface area contributed by atoms with Gasteiger partial charge in [0.1, 0.15) is 12.6 Å². The number of amides is 2. The fourth-order valence-electron chi connectivity index (χ4n) is 4.36. The van der Waals surface area contributed by atoms with Crippen LogP contribution in [0.4, 0.5) is 4.79 Å². The van der Waals surface area contributed by atoms with Crippen LogP contribution >= 0.6 is 0 Å². The Hall–Kier alpha value is -2.32. The molecular weight excluding hydrogens is 573 g/mol. The molecule has 13 heteroatoms. The second kappa shape index (κ2) is 17.1. The number of Topliss-reactive ketones (excluding diaryl/α,β-unsaturated/α-hetero) is 1. The maximum absolute atomic E-state index is 13.6. The molecule has 0 saturated carbocycles. The number of benzene rings is 2. The molecule has 2 aromatic carbocycles. The number of nitrogens with one attached hydrogen (secondary N) is 2. The van der Waals surface area contributed by atoms with E-state index in [1.807, 2.05) is 6.07 Å². The van der Waals surface area contributed by atoms with E-state index in [9.17, 15) is 32.5 Å². The van der Waals surface area contributed by atoms with E-state index in [1.54, 1.807) is 82.3 Å². The van der Waals surface area contributed by atoms with Crippen LogP contribution in [0.1, 0.15) is 51.7 Å². The molecule has 2 rings (SSSR count). The van der Waals surface area contributed by atoms with Gasteiger partial charge >= 0.3 is 45.8 Å². The Kier molecular flexibility index (Phi) is 15.3. The second-order valence-corrected chi connectivity index (χ2v) is 12.5. The van der Waals surface area contributed by atoms with E-state index in [1.165, 1.54) is 0 Å². The van der Waals surface area contributed by atoms with Crippen molar-refractivity contribution < 1.29 is 37.2 Å². The summed E-state index contributed by atoms with van der Waals surface area (Å²) in [5.41, 5.74) is 7.38. The van der Waals surface area contributed by atoms with Gasteiger partial charge in [-0.05, 0) is 35.8 Å². The Bertz CT molecular complexity index is 1260. The Morgan fingerprint density at radius 3 is 1.83 bits per heavy atom. The Labute approximate surface area is 270 Å². The first-order valence-corrected chi connectivity index (χ1v) is 14.9. The van der Waals surface area contributed by atoms with Crippen molar-refractivity contribution in [3.63, 3.8) is 0 Å². The van der Waals surface area contributed by atoms with Crippen molar-refractivity contribution in [1.82, 2.24) is 10.6 Å². The van der Waals surface area contributed by atoms with Crippen molar-refractivity contribution in [2.75, 3.05) is 0 Å². The number of rotatable bonds is 15. The van der Waals surface area contributed by atoms with Crippen LogP contribution in [0.5, 0.6) is 0 Å². The molecule has 0 bridgehead atoms. The third kappa shape index (κ3) is 11.1. The molecule has 228 valence electrons. The molecule has 2 unspecified atom stereocenters. The van der Waals surface area contributed by atoms with Crippen LogP contribution < -0.4 is 16.4 Å². The number of alkyl carbamates (subject to hydrolysis) is 1. The Morgan fingerprint density at radius 1 is 0.857 bits per heavy atom. The van der Waals surface area contributed by atoms with Gasteiger partial charge in [-0.15, -0.1) is 0 Å². The van der Waals surface area contributed by atoms with E-state index in [0.29, 0.717) is 5.56 Å². The summed E-state index contributed by atoms with van der Waals surface area (Å²) in [6, 6.07) is 13.3. The summed E-state index contributed by atoms with van der Waals surface area (Å²) in [6.45, 7) is 6.83. The molecule has 0 aliphatic rings. The molecule has 0 aliphatic heterocycles. The summed E-state index contributed by atoms with van der Waals surface area (Å²) < 4.78 is 39.8. The topological polar surface area (TPSA) is 185 Å². The standard InChI is InChI=1S/C29H41N3O8S.Na.H/c1-19(2)15-23(26(33)29(36,41(37,38)39)25(30)16-20(3)4)31-27(34)24(17-21-11-7-5-8-12-21)32-28(35)40-18-22-13-9-6-10-14-22;;/h5-14,19-20,23-25,36H,15-18,30H2,1-4H3,(H,31,34)(H,32,35)(H,37,38,39);;/t23-,24-,25?,29?;;/m0../s1. The van der Waals surface area contributed by atoms with Crippen molar-refractivity contribution in [2.24, 2.45) is 17.6 Å². The number of aliphatic hydroxyl groups is 1. The van der Waals surface area contributed by atoms with Gasteiger partial charge in [-0.3, -0.25) is 14.1 Å². The molecule has 0 fully saturated rings. The number of hydrogen-bond donors (Lipinski definition) is 5. The van der Waals surface area contributed by atoms with Crippen LogP contribution in [0.25, 0.3) is 0 Å². The normalized spacial score (nSPS) is 15.1.